The number of hydrogen-bond donors (Lipinski definition) is 3. The number of carbonyl (C=O) groups is 1. The van der Waals surface area contributed by atoms with Crippen molar-refractivity contribution in [2.24, 2.45) is 0 Å². The molecule has 1 atom stereocenters. The molecule has 128 valence electrons. The molecule has 0 radical (unpaired) electrons. The van der Waals surface area contributed by atoms with E-state index in [1.165, 1.54) is 0 Å². The minimum Gasteiger partial charge on any atom is -0.481 e. The number of rotatable bonds is 5. The third-order valence-corrected chi connectivity index (χ3v) is 3.78. The maximum atomic E-state index is 12.1. The molecule has 0 aliphatic heterocycles. The van der Waals surface area contributed by atoms with Gasteiger partial charge in [-0.3, -0.25) is 15.6 Å². The van der Waals surface area contributed by atoms with Gasteiger partial charge >= 0.3 is 0 Å². The van der Waals surface area contributed by atoms with E-state index in [0.29, 0.717) is 17.4 Å². The molecule has 1 amide bonds. The predicted molar refractivity (Wildman–Crippen MR) is 95.4 cm³/mol. The van der Waals surface area contributed by atoms with Crippen LogP contribution in [0.3, 0.4) is 0 Å². The fourth-order valence-corrected chi connectivity index (χ4v) is 2.06. The summed E-state index contributed by atoms with van der Waals surface area (Å²) in [5, 5.41) is 3.21. The van der Waals surface area contributed by atoms with E-state index in [-0.39, 0.29) is 5.91 Å². The van der Waals surface area contributed by atoms with Gasteiger partial charge in [-0.2, -0.15) is 0 Å². The van der Waals surface area contributed by atoms with Gasteiger partial charge in [0, 0.05) is 0 Å². The van der Waals surface area contributed by atoms with Crippen LogP contribution in [0.2, 0.25) is 0 Å². The van der Waals surface area contributed by atoms with Gasteiger partial charge in [-0.15, -0.1) is 0 Å². The number of nitrogens with one attached hydrogen (secondary N) is 3. The topological polar surface area (TPSA) is 75.5 Å². The van der Waals surface area contributed by atoms with Crippen molar-refractivity contribution in [3.63, 3.8) is 0 Å². The molecular formula is C17H21N3O3S. The fraction of sp³-hybridized carbons (Fsp3) is 0.294. The molecular weight excluding hydrogens is 326 g/mol. The number of furan rings is 1. The Labute approximate surface area is 146 Å². The number of hydrazine groups is 1. The standard InChI is InChI=1S/C17H21N3O3S/c1-11-6-4-8-15(12(11)2)23-13(3)16(21)19-20-17(24)18-10-14-7-5-9-22-14/h4-9,13H,10H2,1-3H3,(H,19,21)(H2,18,20,24)/t13-/m1/s1. The quantitative estimate of drug-likeness (QED) is 0.569. The van der Waals surface area contributed by atoms with Crippen molar-refractivity contribution in [1.29, 1.82) is 0 Å². The zero-order valence-corrected chi connectivity index (χ0v) is 14.7. The number of carbonyl (C=O) groups excluding carboxylic acids is 1. The molecule has 0 aliphatic carbocycles. The van der Waals surface area contributed by atoms with E-state index in [0.717, 1.165) is 16.9 Å². The first-order valence-electron chi connectivity index (χ1n) is 7.56. The summed E-state index contributed by atoms with van der Waals surface area (Å²) in [5.74, 6) is 1.12. The number of benzene rings is 1. The molecule has 0 aliphatic rings. The van der Waals surface area contributed by atoms with Gasteiger partial charge in [0.1, 0.15) is 11.5 Å². The Balaban J connectivity index is 1.77. The zero-order chi connectivity index (χ0) is 17.5. The van der Waals surface area contributed by atoms with E-state index < -0.39 is 6.10 Å². The van der Waals surface area contributed by atoms with Crippen LogP contribution in [0.4, 0.5) is 0 Å². The molecule has 1 heterocycles. The zero-order valence-electron chi connectivity index (χ0n) is 13.9. The molecule has 0 bridgehead atoms. The number of thiocarbonyl (C=S) groups is 1. The van der Waals surface area contributed by atoms with E-state index in [4.69, 9.17) is 21.4 Å². The van der Waals surface area contributed by atoms with Crippen molar-refractivity contribution < 1.29 is 13.9 Å². The van der Waals surface area contributed by atoms with E-state index in [2.05, 4.69) is 16.2 Å². The van der Waals surface area contributed by atoms with Crippen LogP contribution in [0.15, 0.2) is 41.0 Å². The van der Waals surface area contributed by atoms with Crippen molar-refractivity contribution in [3.05, 3.63) is 53.5 Å². The lowest BCUT2D eigenvalue weighted by molar-refractivity contribution is -0.127. The van der Waals surface area contributed by atoms with Gasteiger partial charge in [-0.05, 0) is 62.3 Å². The summed E-state index contributed by atoms with van der Waals surface area (Å²) in [6, 6.07) is 9.36. The van der Waals surface area contributed by atoms with Crippen LogP contribution < -0.4 is 20.9 Å². The van der Waals surface area contributed by atoms with Crippen LogP contribution in [-0.4, -0.2) is 17.1 Å². The number of amides is 1. The molecule has 2 aromatic rings. The molecule has 24 heavy (non-hydrogen) atoms. The van der Waals surface area contributed by atoms with Gasteiger partial charge in [0.15, 0.2) is 11.2 Å². The normalized spacial score (nSPS) is 11.5. The Morgan fingerprint density at radius 3 is 2.75 bits per heavy atom. The molecule has 0 saturated carbocycles. The minimum atomic E-state index is -0.661. The first kappa shape index (κ1) is 17.8. The second kappa shape index (κ2) is 8.35. The van der Waals surface area contributed by atoms with Crippen LogP contribution >= 0.6 is 12.2 Å². The molecule has 3 N–H and O–H groups in total. The Morgan fingerprint density at radius 2 is 2.04 bits per heavy atom. The lowest BCUT2D eigenvalue weighted by Gasteiger charge is -2.18. The predicted octanol–water partition coefficient (Wildman–Crippen LogP) is 2.36. The van der Waals surface area contributed by atoms with Gasteiger partial charge in [0.05, 0.1) is 12.8 Å². The second-order valence-corrected chi connectivity index (χ2v) is 5.74. The van der Waals surface area contributed by atoms with Gasteiger partial charge in [0.2, 0.25) is 0 Å². The van der Waals surface area contributed by atoms with Gasteiger partial charge < -0.3 is 14.5 Å². The molecule has 1 aromatic heterocycles. The van der Waals surface area contributed by atoms with Crippen LogP contribution in [-0.2, 0) is 11.3 Å². The highest BCUT2D eigenvalue weighted by Crippen LogP contribution is 2.21. The smallest absolute Gasteiger partial charge is 0.279 e. The highest BCUT2D eigenvalue weighted by Gasteiger charge is 2.16. The van der Waals surface area contributed by atoms with E-state index in [1.54, 1.807) is 19.3 Å². The largest absolute Gasteiger partial charge is 0.481 e. The first-order valence-corrected chi connectivity index (χ1v) is 7.97. The summed E-state index contributed by atoms with van der Waals surface area (Å²) in [5.41, 5.74) is 7.28. The Hall–Kier alpha value is -2.54. The summed E-state index contributed by atoms with van der Waals surface area (Å²) in [6.45, 7) is 6.07. The van der Waals surface area contributed by atoms with Crippen molar-refractivity contribution in [2.75, 3.05) is 0 Å². The lowest BCUT2D eigenvalue weighted by atomic mass is 10.1. The first-order chi connectivity index (χ1) is 11.5. The van der Waals surface area contributed by atoms with E-state index in [1.807, 2.05) is 38.1 Å². The van der Waals surface area contributed by atoms with E-state index >= 15 is 0 Å². The second-order valence-electron chi connectivity index (χ2n) is 5.33. The maximum Gasteiger partial charge on any atom is 0.279 e. The van der Waals surface area contributed by atoms with Crippen LogP contribution in [0.1, 0.15) is 23.8 Å². The van der Waals surface area contributed by atoms with Crippen molar-refractivity contribution >= 4 is 23.2 Å². The summed E-state index contributed by atoms with van der Waals surface area (Å²) < 4.78 is 10.9. The lowest BCUT2D eigenvalue weighted by Crippen LogP contribution is -2.50. The van der Waals surface area contributed by atoms with Crippen molar-refractivity contribution in [1.82, 2.24) is 16.2 Å². The third kappa shape index (κ3) is 4.99. The molecule has 7 heteroatoms. The summed E-state index contributed by atoms with van der Waals surface area (Å²) in [6.07, 6.45) is 0.924. The highest BCUT2D eigenvalue weighted by atomic mass is 32.1. The van der Waals surface area contributed by atoms with Gasteiger partial charge in [-0.25, -0.2) is 0 Å². The SMILES string of the molecule is Cc1cccc(O[C@H](C)C(=O)NNC(=S)NCc2ccco2)c1C. The fourth-order valence-electron chi connectivity index (χ4n) is 1.94. The molecule has 6 nitrogen and oxygen atoms in total. The molecule has 0 saturated heterocycles. The molecule has 1 aromatic carbocycles. The molecule has 0 spiro atoms. The summed E-state index contributed by atoms with van der Waals surface area (Å²) in [4.78, 5) is 12.1. The average Bonchev–Trinajstić information content (AvgIpc) is 3.08. The number of aryl methyl sites for hydroxylation is 1. The van der Waals surface area contributed by atoms with Crippen LogP contribution in [0.25, 0.3) is 0 Å². The van der Waals surface area contributed by atoms with Crippen LogP contribution in [0, 0.1) is 13.8 Å². The maximum absolute atomic E-state index is 12.1. The van der Waals surface area contributed by atoms with Crippen molar-refractivity contribution in [2.45, 2.75) is 33.4 Å². The number of ether oxygens (including phenoxy) is 1. The Kier molecular flexibility index (Phi) is 6.20. The van der Waals surface area contributed by atoms with Gasteiger partial charge in [0.25, 0.3) is 5.91 Å². The Bertz CT molecular complexity index is 701. The van der Waals surface area contributed by atoms with E-state index in [9.17, 15) is 4.79 Å². The third-order valence-electron chi connectivity index (χ3n) is 3.53. The summed E-state index contributed by atoms with van der Waals surface area (Å²) >= 11 is 5.08. The summed E-state index contributed by atoms with van der Waals surface area (Å²) in [7, 11) is 0. The minimum absolute atomic E-state index is 0.290. The van der Waals surface area contributed by atoms with Crippen molar-refractivity contribution in [3.8, 4) is 5.75 Å². The number of hydrogen-bond acceptors (Lipinski definition) is 4. The average molecular weight is 347 g/mol. The molecule has 2 rings (SSSR count). The highest BCUT2D eigenvalue weighted by molar-refractivity contribution is 7.80. The molecule has 0 unspecified atom stereocenters. The van der Waals surface area contributed by atoms with Crippen LogP contribution in [0.5, 0.6) is 5.75 Å². The van der Waals surface area contributed by atoms with Gasteiger partial charge in [-0.1, -0.05) is 12.1 Å². The monoisotopic (exact) mass is 347 g/mol. The Morgan fingerprint density at radius 1 is 1.25 bits per heavy atom. The molecule has 0 fully saturated rings.